The molecule has 8 heteroatoms. The fourth-order valence-corrected chi connectivity index (χ4v) is 3.04. The van der Waals surface area contributed by atoms with Gasteiger partial charge in [0.1, 0.15) is 6.04 Å². The second-order valence-electron chi connectivity index (χ2n) is 6.62. The summed E-state index contributed by atoms with van der Waals surface area (Å²) >= 11 is 0. The summed E-state index contributed by atoms with van der Waals surface area (Å²) in [5.74, 6) is -1.20. The number of nitrogens with one attached hydrogen (secondary N) is 1. The summed E-state index contributed by atoms with van der Waals surface area (Å²) in [4.78, 5) is 36.3. The maximum atomic E-state index is 12.5. The highest BCUT2D eigenvalue weighted by Crippen LogP contribution is 2.36. The van der Waals surface area contributed by atoms with Crippen molar-refractivity contribution in [3.05, 3.63) is 33.7 Å². The Morgan fingerprint density at radius 3 is 2.46 bits per heavy atom. The van der Waals surface area contributed by atoms with E-state index < -0.39 is 23.5 Å². The first-order valence-corrected chi connectivity index (χ1v) is 8.94. The monoisotopic (exact) mass is 391 g/mol. The highest BCUT2D eigenvalue weighted by atomic mass is 16.5. The molecular formula is C20H25NO7. The quantitative estimate of drug-likeness (QED) is 0.663. The number of carboxylic acids is 1. The van der Waals surface area contributed by atoms with Crippen LogP contribution in [0.25, 0.3) is 11.0 Å². The summed E-state index contributed by atoms with van der Waals surface area (Å²) in [6.07, 6.45) is 0.314. The Kier molecular flexibility index (Phi) is 6.66. The van der Waals surface area contributed by atoms with Gasteiger partial charge in [-0.2, -0.15) is 0 Å². The van der Waals surface area contributed by atoms with Gasteiger partial charge < -0.3 is 24.3 Å². The Morgan fingerprint density at radius 1 is 1.25 bits per heavy atom. The van der Waals surface area contributed by atoms with E-state index in [1.807, 2.05) is 6.92 Å². The first kappa shape index (κ1) is 21.3. The molecule has 1 aromatic heterocycles. The van der Waals surface area contributed by atoms with Crippen LogP contribution < -0.4 is 20.4 Å². The number of carbonyl (C=O) groups excluding carboxylic acids is 1. The maximum absolute atomic E-state index is 12.5. The molecule has 0 spiro atoms. The predicted molar refractivity (Wildman–Crippen MR) is 103 cm³/mol. The molecule has 0 fully saturated rings. The first-order chi connectivity index (χ1) is 13.2. The van der Waals surface area contributed by atoms with Crippen molar-refractivity contribution in [3.63, 3.8) is 0 Å². The largest absolute Gasteiger partial charge is 0.493 e. The van der Waals surface area contributed by atoms with E-state index in [0.717, 1.165) is 0 Å². The maximum Gasteiger partial charge on any atom is 0.340 e. The van der Waals surface area contributed by atoms with Gasteiger partial charge in [-0.3, -0.25) is 4.79 Å². The van der Waals surface area contributed by atoms with E-state index in [9.17, 15) is 19.5 Å². The number of fused-ring (bicyclic) bond motifs is 1. The molecule has 8 nitrogen and oxygen atoms in total. The molecule has 152 valence electrons. The molecule has 1 amide bonds. The van der Waals surface area contributed by atoms with E-state index in [0.29, 0.717) is 28.9 Å². The number of ether oxygens (including phenoxy) is 2. The molecule has 0 aliphatic rings. The van der Waals surface area contributed by atoms with Gasteiger partial charge in [-0.15, -0.1) is 0 Å². The molecule has 2 N–H and O–H groups in total. The molecule has 0 aliphatic carbocycles. The lowest BCUT2D eigenvalue weighted by Gasteiger charge is -2.20. The average molecular weight is 391 g/mol. The summed E-state index contributed by atoms with van der Waals surface area (Å²) < 4.78 is 15.9. The van der Waals surface area contributed by atoms with Gasteiger partial charge in [0.05, 0.1) is 26.2 Å². The SMILES string of the molecule is CC[C@@H](C)[C@H](NC(=O)Cc1c(C)c2ccc(OC)c(OC)c2oc1=O)C(=O)O. The normalized spacial score (nSPS) is 13.0. The number of hydrogen-bond acceptors (Lipinski definition) is 6. The van der Waals surface area contributed by atoms with Gasteiger partial charge in [0, 0.05) is 5.39 Å². The molecule has 28 heavy (non-hydrogen) atoms. The predicted octanol–water partition coefficient (Wildman–Crippen LogP) is 2.28. The van der Waals surface area contributed by atoms with Gasteiger partial charge >= 0.3 is 11.6 Å². The third-order valence-corrected chi connectivity index (χ3v) is 4.93. The number of benzene rings is 1. The van der Waals surface area contributed by atoms with Crippen LogP contribution in [0, 0.1) is 12.8 Å². The van der Waals surface area contributed by atoms with Crippen LogP contribution in [0.15, 0.2) is 21.3 Å². The van der Waals surface area contributed by atoms with Crippen LogP contribution in [0.3, 0.4) is 0 Å². The summed E-state index contributed by atoms with van der Waals surface area (Å²) in [6, 6.07) is 2.38. The van der Waals surface area contributed by atoms with Crippen LogP contribution in [-0.2, 0) is 16.0 Å². The average Bonchev–Trinajstić information content (AvgIpc) is 2.67. The molecule has 1 aromatic carbocycles. The third-order valence-electron chi connectivity index (χ3n) is 4.93. The topological polar surface area (TPSA) is 115 Å². The number of carboxylic acid groups (broad SMARTS) is 1. The van der Waals surface area contributed by atoms with Crippen molar-refractivity contribution >= 4 is 22.8 Å². The zero-order valence-electron chi connectivity index (χ0n) is 16.6. The number of aryl methyl sites for hydroxylation is 1. The molecule has 0 saturated carbocycles. The summed E-state index contributed by atoms with van der Waals surface area (Å²) in [6.45, 7) is 5.29. The minimum atomic E-state index is -1.11. The number of hydrogen-bond donors (Lipinski definition) is 2. The second-order valence-corrected chi connectivity index (χ2v) is 6.62. The molecule has 0 saturated heterocycles. The van der Waals surface area contributed by atoms with Crippen LogP contribution in [-0.4, -0.2) is 37.2 Å². The van der Waals surface area contributed by atoms with Crippen molar-refractivity contribution in [1.29, 1.82) is 0 Å². The molecule has 0 unspecified atom stereocenters. The molecular weight excluding hydrogens is 366 g/mol. The minimum Gasteiger partial charge on any atom is -0.493 e. The van der Waals surface area contributed by atoms with Crippen molar-refractivity contribution in [2.24, 2.45) is 5.92 Å². The fraction of sp³-hybridized carbons (Fsp3) is 0.450. The van der Waals surface area contributed by atoms with E-state index in [1.54, 1.807) is 26.0 Å². The van der Waals surface area contributed by atoms with Crippen molar-refractivity contribution in [1.82, 2.24) is 5.32 Å². The Bertz CT molecular complexity index is 948. The number of aliphatic carboxylic acids is 1. The molecule has 0 radical (unpaired) electrons. The zero-order valence-corrected chi connectivity index (χ0v) is 16.6. The van der Waals surface area contributed by atoms with Gasteiger partial charge in [-0.05, 0) is 30.5 Å². The number of methoxy groups -OCH3 is 2. The fourth-order valence-electron chi connectivity index (χ4n) is 3.04. The Morgan fingerprint density at radius 2 is 1.93 bits per heavy atom. The van der Waals surface area contributed by atoms with E-state index in [4.69, 9.17) is 13.9 Å². The standard InChI is InChI=1S/C20H25NO7/c1-6-10(2)16(19(23)24)21-15(22)9-13-11(3)12-7-8-14(26-4)18(27-5)17(12)28-20(13)25/h7-8,10,16H,6,9H2,1-5H3,(H,21,22)(H,23,24)/t10-,16+/m1/s1. The molecule has 2 rings (SSSR count). The lowest BCUT2D eigenvalue weighted by molar-refractivity contribution is -0.143. The van der Waals surface area contributed by atoms with Crippen LogP contribution in [0.2, 0.25) is 0 Å². The molecule has 0 bridgehead atoms. The van der Waals surface area contributed by atoms with Crippen molar-refractivity contribution in [3.8, 4) is 11.5 Å². The number of carbonyl (C=O) groups is 2. The van der Waals surface area contributed by atoms with Crippen LogP contribution >= 0.6 is 0 Å². The van der Waals surface area contributed by atoms with E-state index in [-0.39, 0.29) is 23.5 Å². The number of amides is 1. The van der Waals surface area contributed by atoms with Crippen LogP contribution in [0.5, 0.6) is 11.5 Å². The Balaban J connectivity index is 2.41. The lowest BCUT2D eigenvalue weighted by Crippen LogP contribution is -2.45. The second kappa shape index (κ2) is 8.77. The van der Waals surface area contributed by atoms with Gasteiger partial charge in [0.25, 0.3) is 0 Å². The van der Waals surface area contributed by atoms with Gasteiger partial charge in [0.15, 0.2) is 11.3 Å². The highest BCUT2D eigenvalue weighted by Gasteiger charge is 2.26. The van der Waals surface area contributed by atoms with Crippen LogP contribution in [0.4, 0.5) is 0 Å². The summed E-state index contributed by atoms with van der Waals surface area (Å²) in [5, 5.41) is 12.4. The van der Waals surface area contributed by atoms with Crippen LogP contribution in [0.1, 0.15) is 31.4 Å². The lowest BCUT2D eigenvalue weighted by atomic mass is 9.98. The summed E-state index contributed by atoms with van der Waals surface area (Å²) in [7, 11) is 2.92. The highest BCUT2D eigenvalue weighted by molar-refractivity contribution is 5.90. The Labute approximate surface area is 162 Å². The van der Waals surface area contributed by atoms with E-state index in [2.05, 4.69) is 5.32 Å². The van der Waals surface area contributed by atoms with Crippen molar-refractivity contribution < 1.29 is 28.6 Å². The van der Waals surface area contributed by atoms with Gasteiger partial charge in [-0.25, -0.2) is 9.59 Å². The minimum absolute atomic E-state index is 0.172. The van der Waals surface area contributed by atoms with Crippen molar-refractivity contribution in [2.45, 2.75) is 39.7 Å². The van der Waals surface area contributed by atoms with Gasteiger partial charge in [0.2, 0.25) is 11.7 Å². The molecule has 1 heterocycles. The number of rotatable bonds is 8. The zero-order chi connectivity index (χ0) is 21.0. The van der Waals surface area contributed by atoms with E-state index in [1.165, 1.54) is 14.2 Å². The molecule has 2 aromatic rings. The van der Waals surface area contributed by atoms with E-state index >= 15 is 0 Å². The molecule has 2 atom stereocenters. The smallest absolute Gasteiger partial charge is 0.340 e. The summed E-state index contributed by atoms with van der Waals surface area (Å²) in [5.41, 5.74) is 0.293. The Hall–Kier alpha value is -3.03. The molecule has 0 aliphatic heterocycles. The van der Waals surface area contributed by atoms with Crippen molar-refractivity contribution in [2.75, 3.05) is 14.2 Å². The first-order valence-electron chi connectivity index (χ1n) is 8.94. The van der Waals surface area contributed by atoms with Gasteiger partial charge in [-0.1, -0.05) is 20.3 Å². The third kappa shape index (κ3) is 4.11.